The summed E-state index contributed by atoms with van der Waals surface area (Å²) in [7, 11) is 0. The van der Waals surface area contributed by atoms with E-state index in [4.69, 9.17) is 14.2 Å². The highest BCUT2D eigenvalue weighted by Crippen LogP contribution is 2.41. The van der Waals surface area contributed by atoms with Crippen molar-refractivity contribution in [1.82, 2.24) is 0 Å². The smallest absolute Gasteiger partial charge is 0.168 e. The Morgan fingerprint density at radius 2 is 1.95 bits per heavy atom. The van der Waals surface area contributed by atoms with Gasteiger partial charge in [-0.25, -0.2) is 0 Å². The standard InChI is InChI=1S/C17H22O4/c1-3-19-15-7-5-11(9-16(15)20-4-2)17(18)13-10-12-6-8-14(13)21-12/h5,7,9,12-14H,3-4,6,8,10H2,1-2H3. The second-order valence-corrected chi connectivity index (χ2v) is 5.61. The molecule has 0 aromatic heterocycles. The highest BCUT2D eigenvalue weighted by molar-refractivity contribution is 5.99. The van der Waals surface area contributed by atoms with E-state index >= 15 is 0 Å². The lowest BCUT2D eigenvalue weighted by Crippen LogP contribution is -2.25. The lowest BCUT2D eigenvalue weighted by Gasteiger charge is -2.18. The predicted octanol–water partition coefficient (Wildman–Crippen LogP) is 3.23. The zero-order chi connectivity index (χ0) is 14.8. The third-order valence-electron chi connectivity index (χ3n) is 4.27. The van der Waals surface area contributed by atoms with Gasteiger partial charge in [0.2, 0.25) is 0 Å². The summed E-state index contributed by atoms with van der Waals surface area (Å²) in [4.78, 5) is 12.7. The summed E-state index contributed by atoms with van der Waals surface area (Å²) in [5, 5.41) is 0. The maximum atomic E-state index is 12.7. The Morgan fingerprint density at radius 1 is 1.19 bits per heavy atom. The minimum Gasteiger partial charge on any atom is -0.490 e. The van der Waals surface area contributed by atoms with Crippen molar-refractivity contribution in [2.75, 3.05) is 13.2 Å². The average Bonchev–Trinajstić information content (AvgIpc) is 3.11. The average molecular weight is 290 g/mol. The molecule has 3 rings (SSSR count). The van der Waals surface area contributed by atoms with E-state index in [1.807, 2.05) is 32.0 Å². The van der Waals surface area contributed by atoms with Crippen molar-refractivity contribution >= 4 is 5.78 Å². The van der Waals surface area contributed by atoms with Crippen LogP contribution >= 0.6 is 0 Å². The van der Waals surface area contributed by atoms with Gasteiger partial charge in [0.25, 0.3) is 0 Å². The van der Waals surface area contributed by atoms with Crippen LogP contribution in [0.4, 0.5) is 0 Å². The third-order valence-corrected chi connectivity index (χ3v) is 4.27. The highest BCUT2D eigenvalue weighted by atomic mass is 16.5. The molecule has 2 aliphatic rings. The number of benzene rings is 1. The first-order chi connectivity index (χ1) is 10.2. The Kier molecular flexibility index (Phi) is 4.15. The number of hydrogen-bond donors (Lipinski definition) is 0. The van der Waals surface area contributed by atoms with Crippen LogP contribution in [0.15, 0.2) is 18.2 Å². The Morgan fingerprint density at radius 3 is 2.57 bits per heavy atom. The van der Waals surface area contributed by atoms with Gasteiger partial charge in [0.1, 0.15) is 0 Å². The van der Waals surface area contributed by atoms with Crippen molar-refractivity contribution in [3.05, 3.63) is 23.8 Å². The molecule has 0 spiro atoms. The van der Waals surface area contributed by atoms with E-state index < -0.39 is 0 Å². The van der Waals surface area contributed by atoms with Crippen LogP contribution in [0, 0.1) is 5.92 Å². The van der Waals surface area contributed by atoms with E-state index in [9.17, 15) is 4.79 Å². The Bertz CT molecular complexity index is 526. The van der Waals surface area contributed by atoms with Crippen LogP contribution in [0.5, 0.6) is 11.5 Å². The normalized spacial score (nSPS) is 26.9. The van der Waals surface area contributed by atoms with Crippen LogP contribution in [-0.4, -0.2) is 31.2 Å². The van der Waals surface area contributed by atoms with Crippen molar-refractivity contribution in [3.63, 3.8) is 0 Å². The number of hydrogen-bond acceptors (Lipinski definition) is 4. The lowest BCUT2D eigenvalue weighted by molar-refractivity contribution is 0.0743. The number of fused-ring (bicyclic) bond motifs is 2. The molecule has 2 heterocycles. The molecule has 0 amide bonds. The molecule has 0 aliphatic carbocycles. The zero-order valence-corrected chi connectivity index (χ0v) is 12.6. The van der Waals surface area contributed by atoms with Crippen molar-refractivity contribution in [3.8, 4) is 11.5 Å². The fourth-order valence-corrected chi connectivity index (χ4v) is 3.33. The Hall–Kier alpha value is -1.55. The molecule has 2 bridgehead atoms. The van der Waals surface area contributed by atoms with Crippen molar-refractivity contribution in [1.29, 1.82) is 0 Å². The fourth-order valence-electron chi connectivity index (χ4n) is 3.33. The van der Waals surface area contributed by atoms with Gasteiger partial charge in [-0.1, -0.05) is 0 Å². The van der Waals surface area contributed by atoms with Crippen LogP contribution in [-0.2, 0) is 4.74 Å². The molecule has 2 aliphatic heterocycles. The van der Waals surface area contributed by atoms with Gasteiger partial charge in [-0.05, 0) is 51.3 Å². The maximum absolute atomic E-state index is 12.7. The van der Waals surface area contributed by atoms with Gasteiger partial charge in [-0.2, -0.15) is 0 Å². The molecule has 1 aromatic rings. The SMILES string of the molecule is CCOc1ccc(C(=O)C2CC3CCC2O3)cc1OCC. The quantitative estimate of drug-likeness (QED) is 0.755. The molecule has 114 valence electrons. The van der Waals surface area contributed by atoms with Crippen LogP contribution in [0.2, 0.25) is 0 Å². The molecule has 4 nitrogen and oxygen atoms in total. The first-order valence-corrected chi connectivity index (χ1v) is 7.82. The molecule has 0 N–H and O–H groups in total. The van der Waals surface area contributed by atoms with Gasteiger partial charge < -0.3 is 14.2 Å². The summed E-state index contributed by atoms with van der Waals surface area (Å²) in [6.07, 6.45) is 3.38. The maximum Gasteiger partial charge on any atom is 0.168 e. The summed E-state index contributed by atoms with van der Waals surface area (Å²) in [5.74, 6) is 1.52. The topological polar surface area (TPSA) is 44.8 Å². The molecule has 2 fully saturated rings. The number of carbonyl (C=O) groups excluding carboxylic acids is 1. The second kappa shape index (κ2) is 6.06. The molecule has 4 heteroatoms. The van der Waals surface area contributed by atoms with Gasteiger partial charge in [0.05, 0.1) is 31.3 Å². The summed E-state index contributed by atoms with van der Waals surface area (Å²) in [6.45, 7) is 4.98. The van der Waals surface area contributed by atoms with E-state index in [1.54, 1.807) is 0 Å². The molecular weight excluding hydrogens is 268 g/mol. The minimum absolute atomic E-state index is 0.0103. The molecule has 1 aromatic carbocycles. The van der Waals surface area contributed by atoms with Crippen LogP contribution in [0.25, 0.3) is 0 Å². The van der Waals surface area contributed by atoms with E-state index in [2.05, 4.69) is 0 Å². The van der Waals surface area contributed by atoms with Crippen LogP contribution in [0.3, 0.4) is 0 Å². The van der Waals surface area contributed by atoms with E-state index in [1.165, 1.54) is 0 Å². The minimum atomic E-state index is 0.0103. The van der Waals surface area contributed by atoms with Gasteiger partial charge in [0.15, 0.2) is 17.3 Å². The largest absolute Gasteiger partial charge is 0.490 e. The monoisotopic (exact) mass is 290 g/mol. The summed E-state index contributed by atoms with van der Waals surface area (Å²) >= 11 is 0. The Labute approximate surface area is 125 Å². The summed E-state index contributed by atoms with van der Waals surface area (Å²) in [6, 6.07) is 5.47. The molecule has 21 heavy (non-hydrogen) atoms. The van der Waals surface area contributed by atoms with Crippen molar-refractivity contribution in [2.45, 2.75) is 45.3 Å². The number of ketones is 1. The predicted molar refractivity (Wildman–Crippen MR) is 79.1 cm³/mol. The summed E-state index contributed by atoms with van der Waals surface area (Å²) < 4.78 is 16.9. The van der Waals surface area contributed by atoms with E-state index in [0.717, 1.165) is 19.3 Å². The van der Waals surface area contributed by atoms with Crippen LogP contribution in [0.1, 0.15) is 43.5 Å². The van der Waals surface area contributed by atoms with Crippen LogP contribution < -0.4 is 9.47 Å². The Balaban J connectivity index is 1.81. The highest BCUT2D eigenvalue weighted by Gasteiger charge is 2.44. The molecule has 3 atom stereocenters. The second-order valence-electron chi connectivity index (χ2n) is 5.61. The molecule has 3 unspecified atom stereocenters. The molecule has 0 radical (unpaired) electrons. The van der Waals surface area contributed by atoms with Gasteiger partial charge in [-0.15, -0.1) is 0 Å². The molecule has 2 saturated heterocycles. The first kappa shape index (κ1) is 14.4. The van der Waals surface area contributed by atoms with Gasteiger partial charge >= 0.3 is 0 Å². The number of carbonyl (C=O) groups is 1. The zero-order valence-electron chi connectivity index (χ0n) is 12.6. The first-order valence-electron chi connectivity index (χ1n) is 7.82. The third kappa shape index (κ3) is 2.77. The van der Waals surface area contributed by atoms with Crippen molar-refractivity contribution < 1.29 is 19.0 Å². The molecule has 0 saturated carbocycles. The number of ether oxygens (including phenoxy) is 3. The van der Waals surface area contributed by atoms with Gasteiger partial charge in [0, 0.05) is 5.56 Å². The number of rotatable bonds is 6. The van der Waals surface area contributed by atoms with E-state index in [-0.39, 0.29) is 23.9 Å². The van der Waals surface area contributed by atoms with Crippen molar-refractivity contribution in [2.24, 2.45) is 5.92 Å². The fraction of sp³-hybridized carbons (Fsp3) is 0.588. The number of Topliss-reactive ketones (excluding diaryl/α,β-unsaturated/α-hetero) is 1. The molecular formula is C17H22O4. The van der Waals surface area contributed by atoms with E-state index in [0.29, 0.717) is 30.3 Å². The lowest BCUT2D eigenvalue weighted by atomic mass is 9.84. The summed E-state index contributed by atoms with van der Waals surface area (Å²) in [5.41, 5.74) is 0.697. The van der Waals surface area contributed by atoms with Gasteiger partial charge in [-0.3, -0.25) is 4.79 Å².